The van der Waals surface area contributed by atoms with E-state index in [4.69, 9.17) is 9.72 Å². The van der Waals surface area contributed by atoms with Gasteiger partial charge in [0.05, 0.1) is 12.7 Å². The van der Waals surface area contributed by atoms with E-state index in [9.17, 15) is 14.7 Å². The Morgan fingerprint density at radius 1 is 1.17 bits per heavy atom. The Balaban J connectivity index is 2.20. The van der Waals surface area contributed by atoms with Crippen molar-refractivity contribution in [3.63, 3.8) is 0 Å². The highest BCUT2D eigenvalue weighted by Crippen LogP contribution is 2.34. The first-order chi connectivity index (χ1) is 16.4. The van der Waals surface area contributed by atoms with Crippen molar-refractivity contribution in [2.75, 3.05) is 0 Å². The van der Waals surface area contributed by atoms with Gasteiger partial charge in [-0.25, -0.2) is 9.59 Å². The van der Waals surface area contributed by atoms with Crippen molar-refractivity contribution in [1.29, 1.82) is 0 Å². The Kier molecular flexibility index (Phi) is 7.73. The van der Waals surface area contributed by atoms with Crippen LogP contribution in [0.4, 0.5) is 4.79 Å². The molecule has 8 nitrogen and oxygen atoms in total. The molecular weight excluding hydrogens is 444 g/mol. The first-order valence-electron chi connectivity index (χ1n) is 11.9. The summed E-state index contributed by atoms with van der Waals surface area (Å²) in [7, 11) is 0. The van der Waals surface area contributed by atoms with E-state index >= 15 is 0 Å². The van der Waals surface area contributed by atoms with Gasteiger partial charge in [0.15, 0.2) is 0 Å². The Labute approximate surface area is 206 Å². The molecule has 3 rings (SSSR count). The van der Waals surface area contributed by atoms with Gasteiger partial charge in [0, 0.05) is 28.1 Å². The van der Waals surface area contributed by atoms with Crippen LogP contribution in [-0.4, -0.2) is 31.3 Å². The number of rotatable bonds is 7. The highest BCUT2D eigenvalue weighted by Gasteiger charge is 2.23. The number of benzene rings is 1. The molecule has 188 valence electrons. The summed E-state index contributed by atoms with van der Waals surface area (Å²) in [5.41, 5.74) is 5.27. The van der Waals surface area contributed by atoms with E-state index in [1.165, 1.54) is 10.8 Å². The average Bonchev–Trinajstić information content (AvgIpc) is 3.05. The summed E-state index contributed by atoms with van der Waals surface area (Å²) in [6, 6.07) is 8.08. The highest BCUT2D eigenvalue weighted by molar-refractivity contribution is 5.74. The smallest absolute Gasteiger partial charge is 0.407 e. The topological polar surface area (TPSA) is 109 Å². The van der Waals surface area contributed by atoms with Crippen molar-refractivity contribution < 1.29 is 14.6 Å². The van der Waals surface area contributed by atoms with Gasteiger partial charge in [-0.3, -0.25) is 9.55 Å². The minimum atomic E-state index is -0.510. The maximum atomic E-state index is 12.5. The minimum Gasteiger partial charge on any atom is -0.493 e. The summed E-state index contributed by atoms with van der Waals surface area (Å²) < 4.78 is 6.94. The summed E-state index contributed by atoms with van der Waals surface area (Å²) >= 11 is 0. The lowest BCUT2D eigenvalue weighted by atomic mass is 9.90. The zero-order valence-corrected chi connectivity index (χ0v) is 21.7. The van der Waals surface area contributed by atoms with Crippen molar-refractivity contribution in [3.8, 4) is 17.0 Å². The van der Waals surface area contributed by atoms with Crippen LogP contribution in [0.15, 0.2) is 35.3 Å². The van der Waals surface area contributed by atoms with E-state index in [-0.39, 0.29) is 19.0 Å². The van der Waals surface area contributed by atoms with Crippen LogP contribution in [0.25, 0.3) is 11.1 Å². The first kappa shape index (κ1) is 26.1. The number of aryl methyl sites for hydroxylation is 2. The number of imidazole rings is 1. The number of carbonyl (C=O) groups excluding carboxylic acids is 1. The second-order valence-corrected chi connectivity index (χ2v) is 10.4. The third kappa shape index (κ3) is 6.53. The number of carbonyl (C=O) groups is 1. The fourth-order valence-electron chi connectivity index (χ4n) is 3.99. The van der Waals surface area contributed by atoms with E-state index in [0.717, 1.165) is 39.2 Å². The normalized spacial score (nSPS) is 11.7. The third-order valence-corrected chi connectivity index (χ3v) is 5.62. The zero-order valence-electron chi connectivity index (χ0n) is 21.7. The SMILES string of the molecule is Cc1ccc(-c2c(Cn3c(O)c[nH]c3=O)c(C)nc(CC(C)C)c2COC(=O)NC(C)(C)C)cc1. The molecule has 0 aliphatic rings. The summed E-state index contributed by atoms with van der Waals surface area (Å²) in [5.74, 6) is 0.176. The number of alkyl carbamates (subject to hydrolysis) is 1. The number of nitrogens with zero attached hydrogens (tertiary/aromatic N) is 2. The predicted molar refractivity (Wildman–Crippen MR) is 137 cm³/mol. The summed E-state index contributed by atoms with van der Waals surface area (Å²) in [5, 5.41) is 13.1. The van der Waals surface area contributed by atoms with Crippen LogP contribution in [0.3, 0.4) is 0 Å². The number of hydrogen-bond acceptors (Lipinski definition) is 5. The number of aromatic nitrogens is 3. The average molecular weight is 481 g/mol. The number of pyridine rings is 1. The van der Waals surface area contributed by atoms with Gasteiger partial charge in [0.2, 0.25) is 5.88 Å². The lowest BCUT2D eigenvalue weighted by Crippen LogP contribution is -2.40. The number of aromatic hydroxyl groups is 1. The summed E-state index contributed by atoms with van der Waals surface area (Å²) in [6.07, 6.45) is 1.46. The number of aromatic amines is 1. The van der Waals surface area contributed by atoms with Gasteiger partial charge in [0.25, 0.3) is 0 Å². The van der Waals surface area contributed by atoms with E-state index in [1.807, 2.05) is 58.9 Å². The molecule has 0 radical (unpaired) electrons. The third-order valence-electron chi connectivity index (χ3n) is 5.62. The van der Waals surface area contributed by atoms with Crippen molar-refractivity contribution in [1.82, 2.24) is 19.9 Å². The van der Waals surface area contributed by atoms with Gasteiger partial charge < -0.3 is 20.1 Å². The van der Waals surface area contributed by atoms with Crippen LogP contribution in [0.5, 0.6) is 5.88 Å². The number of ether oxygens (including phenoxy) is 1. The molecule has 0 spiro atoms. The second kappa shape index (κ2) is 10.4. The van der Waals surface area contributed by atoms with Gasteiger partial charge in [-0.1, -0.05) is 43.7 Å². The predicted octanol–water partition coefficient (Wildman–Crippen LogP) is 4.83. The minimum absolute atomic E-state index is 0.0292. The van der Waals surface area contributed by atoms with Gasteiger partial charge in [-0.15, -0.1) is 0 Å². The molecule has 0 bridgehead atoms. The quantitative estimate of drug-likeness (QED) is 0.449. The Morgan fingerprint density at radius 3 is 2.37 bits per heavy atom. The molecule has 2 heterocycles. The summed E-state index contributed by atoms with van der Waals surface area (Å²) in [4.78, 5) is 32.3. The molecule has 2 aromatic heterocycles. The molecule has 1 aromatic carbocycles. The number of H-pyrrole nitrogens is 1. The van der Waals surface area contributed by atoms with Crippen molar-refractivity contribution >= 4 is 6.09 Å². The van der Waals surface area contributed by atoms with Crippen molar-refractivity contribution in [3.05, 3.63) is 69.0 Å². The zero-order chi connectivity index (χ0) is 25.9. The molecule has 0 saturated carbocycles. The molecule has 1 amide bonds. The van der Waals surface area contributed by atoms with Gasteiger partial charge in [0.1, 0.15) is 6.61 Å². The molecule has 3 N–H and O–H groups in total. The van der Waals surface area contributed by atoms with Crippen LogP contribution >= 0.6 is 0 Å². The monoisotopic (exact) mass is 480 g/mol. The Bertz CT molecular complexity index is 1250. The van der Waals surface area contributed by atoms with Crippen LogP contribution in [0, 0.1) is 19.8 Å². The van der Waals surface area contributed by atoms with E-state index in [0.29, 0.717) is 12.3 Å². The number of hydrogen-bond donors (Lipinski definition) is 3. The first-order valence-corrected chi connectivity index (χ1v) is 11.9. The number of amides is 1. The number of nitrogens with one attached hydrogen (secondary N) is 2. The lowest BCUT2D eigenvalue weighted by Gasteiger charge is -2.23. The Hall–Kier alpha value is -3.55. The maximum absolute atomic E-state index is 12.5. The van der Waals surface area contributed by atoms with Crippen LogP contribution in [-0.2, 0) is 24.3 Å². The Morgan fingerprint density at radius 2 is 1.83 bits per heavy atom. The van der Waals surface area contributed by atoms with Gasteiger partial charge in [-0.05, 0) is 58.1 Å². The molecule has 0 atom stereocenters. The molecule has 0 fully saturated rings. The largest absolute Gasteiger partial charge is 0.493 e. The van der Waals surface area contributed by atoms with Crippen molar-refractivity contribution in [2.24, 2.45) is 5.92 Å². The van der Waals surface area contributed by atoms with Gasteiger partial charge >= 0.3 is 11.8 Å². The lowest BCUT2D eigenvalue weighted by molar-refractivity contribution is 0.131. The molecule has 35 heavy (non-hydrogen) atoms. The molecule has 3 aromatic rings. The molecule has 0 aliphatic heterocycles. The van der Waals surface area contributed by atoms with Crippen molar-refractivity contribution in [2.45, 2.75) is 73.6 Å². The molecule has 0 saturated heterocycles. The summed E-state index contributed by atoms with van der Waals surface area (Å²) in [6.45, 7) is 14.0. The van der Waals surface area contributed by atoms with E-state index in [2.05, 4.69) is 24.1 Å². The fourth-order valence-corrected chi connectivity index (χ4v) is 3.99. The highest BCUT2D eigenvalue weighted by atomic mass is 16.5. The van der Waals surface area contributed by atoms with Crippen LogP contribution in [0.1, 0.15) is 62.7 Å². The maximum Gasteiger partial charge on any atom is 0.407 e. The standard InChI is InChI=1S/C27H36N4O4/c1-16(2)12-22-21(15-35-26(34)30-27(5,6)7)24(19-10-8-17(3)9-11-19)20(18(4)29-22)14-31-23(32)13-28-25(31)33/h8-11,13,16,32H,12,14-15H2,1-7H3,(H,28,33)(H,30,34). The van der Waals surface area contributed by atoms with Crippen LogP contribution < -0.4 is 11.0 Å². The van der Waals surface area contributed by atoms with E-state index < -0.39 is 17.3 Å². The van der Waals surface area contributed by atoms with E-state index in [1.54, 1.807) is 0 Å². The van der Waals surface area contributed by atoms with Crippen LogP contribution in [0.2, 0.25) is 0 Å². The molecule has 8 heteroatoms. The van der Waals surface area contributed by atoms with Gasteiger partial charge in [-0.2, -0.15) is 0 Å². The fraction of sp³-hybridized carbons (Fsp3) is 0.444. The molecule has 0 aliphatic carbocycles. The molecular formula is C27H36N4O4. The second-order valence-electron chi connectivity index (χ2n) is 10.4. The molecule has 0 unspecified atom stereocenters.